The number of fused-ring (bicyclic) bond motifs is 1. The fourth-order valence-electron chi connectivity index (χ4n) is 2.86. The van der Waals surface area contributed by atoms with Crippen molar-refractivity contribution in [1.29, 1.82) is 0 Å². The van der Waals surface area contributed by atoms with Gasteiger partial charge in [0.05, 0.1) is 11.4 Å². The van der Waals surface area contributed by atoms with E-state index in [1.807, 2.05) is 32.3 Å². The first-order valence-corrected chi connectivity index (χ1v) is 7.50. The van der Waals surface area contributed by atoms with Crippen LogP contribution < -0.4 is 4.90 Å². The summed E-state index contributed by atoms with van der Waals surface area (Å²) in [4.78, 5) is 20.0. The van der Waals surface area contributed by atoms with Crippen LogP contribution in [0.1, 0.15) is 24.4 Å². The van der Waals surface area contributed by atoms with Gasteiger partial charge in [0.25, 0.3) is 5.78 Å². The summed E-state index contributed by atoms with van der Waals surface area (Å²) in [5.41, 5.74) is 2.81. The molecular weight excluding hydrogens is 278 g/mol. The molecule has 1 saturated heterocycles. The maximum atomic E-state index is 4.71. The lowest BCUT2D eigenvalue weighted by atomic mass is 10.2. The van der Waals surface area contributed by atoms with Gasteiger partial charge in [-0.25, -0.2) is 19.5 Å². The first-order chi connectivity index (χ1) is 10.7. The molecule has 112 valence electrons. The van der Waals surface area contributed by atoms with Gasteiger partial charge >= 0.3 is 0 Å². The van der Waals surface area contributed by atoms with Gasteiger partial charge in [-0.3, -0.25) is 0 Å². The predicted molar refractivity (Wildman–Crippen MR) is 82.7 cm³/mol. The molecule has 0 aliphatic carbocycles. The topological polar surface area (TPSA) is 72.1 Å². The van der Waals surface area contributed by atoms with Crippen molar-refractivity contribution >= 4 is 11.7 Å². The maximum Gasteiger partial charge on any atom is 0.252 e. The predicted octanol–water partition coefficient (Wildman–Crippen LogP) is 1.80. The first-order valence-electron chi connectivity index (χ1n) is 7.50. The Balaban J connectivity index is 1.81. The van der Waals surface area contributed by atoms with Crippen LogP contribution in [-0.4, -0.2) is 42.6 Å². The first kappa shape index (κ1) is 13.1. The van der Waals surface area contributed by atoms with E-state index in [9.17, 15) is 0 Å². The lowest BCUT2D eigenvalue weighted by Crippen LogP contribution is -2.20. The van der Waals surface area contributed by atoms with Crippen LogP contribution in [0.5, 0.6) is 0 Å². The molecule has 0 aromatic carbocycles. The number of aromatic nitrogens is 6. The Kier molecular flexibility index (Phi) is 2.99. The second-order valence-corrected chi connectivity index (χ2v) is 5.56. The average molecular weight is 295 g/mol. The monoisotopic (exact) mass is 295 g/mol. The van der Waals surface area contributed by atoms with Gasteiger partial charge in [-0.05, 0) is 32.8 Å². The lowest BCUT2D eigenvalue weighted by Gasteiger charge is -2.15. The standard InChI is InChI=1S/C15H17N7/c1-10-12(9-17-15-18-11(2)20-22(10)15)13-5-6-16-14(19-13)21-7-3-4-8-21/h5-6,9H,3-4,7-8H2,1-2H3. The lowest BCUT2D eigenvalue weighted by molar-refractivity contribution is 0.874. The minimum Gasteiger partial charge on any atom is -0.341 e. The van der Waals surface area contributed by atoms with E-state index in [1.165, 1.54) is 12.8 Å². The smallest absolute Gasteiger partial charge is 0.252 e. The quantitative estimate of drug-likeness (QED) is 0.718. The Bertz CT molecular complexity index is 833. The van der Waals surface area contributed by atoms with E-state index in [4.69, 9.17) is 4.98 Å². The van der Waals surface area contributed by atoms with Crippen molar-refractivity contribution in [3.63, 3.8) is 0 Å². The maximum absolute atomic E-state index is 4.71. The fourth-order valence-corrected chi connectivity index (χ4v) is 2.86. The number of anilines is 1. The van der Waals surface area contributed by atoms with Gasteiger partial charge in [-0.2, -0.15) is 10.1 Å². The van der Waals surface area contributed by atoms with E-state index in [0.717, 1.165) is 36.0 Å². The Morgan fingerprint density at radius 1 is 1.05 bits per heavy atom. The molecule has 0 radical (unpaired) electrons. The molecule has 0 unspecified atom stereocenters. The molecule has 3 aromatic heterocycles. The van der Waals surface area contributed by atoms with Crippen molar-refractivity contribution in [2.75, 3.05) is 18.0 Å². The van der Waals surface area contributed by atoms with E-state index in [2.05, 4.69) is 25.0 Å². The minimum absolute atomic E-state index is 0.618. The van der Waals surface area contributed by atoms with Crippen LogP contribution in [0, 0.1) is 13.8 Å². The van der Waals surface area contributed by atoms with Crippen molar-refractivity contribution in [1.82, 2.24) is 29.5 Å². The molecule has 0 amide bonds. The number of nitrogens with zero attached hydrogens (tertiary/aromatic N) is 7. The van der Waals surface area contributed by atoms with Crippen LogP contribution in [0.3, 0.4) is 0 Å². The number of rotatable bonds is 2. The van der Waals surface area contributed by atoms with E-state index < -0.39 is 0 Å². The Morgan fingerprint density at radius 3 is 2.68 bits per heavy atom. The summed E-state index contributed by atoms with van der Waals surface area (Å²) in [5.74, 6) is 2.13. The molecule has 0 atom stereocenters. The number of aryl methyl sites for hydroxylation is 2. The normalized spacial score (nSPS) is 14.9. The zero-order valence-corrected chi connectivity index (χ0v) is 12.7. The Labute approximate surface area is 128 Å². The highest BCUT2D eigenvalue weighted by molar-refractivity contribution is 5.63. The van der Waals surface area contributed by atoms with Crippen molar-refractivity contribution in [3.8, 4) is 11.3 Å². The van der Waals surface area contributed by atoms with Gasteiger partial charge in [0.2, 0.25) is 5.95 Å². The van der Waals surface area contributed by atoms with Crippen LogP contribution >= 0.6 is 0 Å². The van der Waals surface area contributed by atoms with Gasteiger partial charge in [-0.15, -0.1) is 0 Å². The Morgan fingerprint density at radius 2 is 1.86 bits per heavy atom. The van der Waals surface area contributed by atoms with Crippen LogP contribution in [-0.2, 0) is 0 Å². The molecule has 3 aromatic rings. The third kappa shape index (κ3) is 2.09. The molecule has 7 heteroatoms. The molecule has 0 saturated carbocycles. The molecule has 4 rings (SSSR count). The van der Waals surface area contributed by atoms with Gasteiger partial charge in [0, 0.05) is 31.0 Å². The second kappa shape index (κ2) is 5.01. The highest BCUT2D eigenvalue weighted by Gasteiger charge is 2.17. The second-order valence-electron chi connectivity index (χ2n) is 5.56. The van der Waals surface area contributed by atoms with E-state index in [0.29, 0.717) is 11.6 Å². The van der Waals surface area contributed by atoms with Gasteiger partial charge in [-0.1, -0.05) is 0 Å². The van der Waals surface area contributed by atoms with Crippen molar-refractivity contribution in [2.24, 2.45) is 0 Å². The third-order valence-electron chi connectivity index (χ3n) is 4.02. The summed E-state index contributed by atoms with van der Waals surface area (Å²) in [7, 11) is 0. The van der Waals surface area contributed by atoms with Gasteiger partial charge in [0.15, 0.2) is 0 Å². The molecule has 0 N–H and O–H groups in total. The van der Waals surface area contributed by atoms with Crippen molar-refractivity contribution in [2.45, 2.75) is 26.7 Å². The summed E-state index contributed by atoms with van der Waals surface area (Å²) >= 11 is 0. The van der Waals surface area contributed by atoms with Crippen molar-refractivity contribution < 1.29 is 0 Å². The van der Waals surface area contributed by atoms with E-state index >= 15 is 0 Å². The van der Waals surface area contributed by atoms with Crippen LogP contribution in [0.15, 0.2) is 18.5 Å². The fraction of sp³-hybridized carbons (Fsp3) is 0.400. The summed E-state index contributed by atoms with van der Waals surface area (Å²) < 4.78 is 1.77. The Hall–Kier alpha value is -2.57. The summed E-state index contributed by atoms with van der Waals surface area (Å²) in [6.45, 7) is 5.93. The summed E-state index contributed by atoms with van der Waals surface area (Å²) in [6, 6.07) is 1.92. The number of hydrogen-bond donors (Lipinski definition) is 0. The summed E-state index contributed by atoms with van der Waals surface area (Å²) in [6.07, 6.45) is 6.04. The van der Waals surface area contributed by atoms with Crippen molar-refractivity contribution in [3.05, 3.63) is 30.0 Å². The van der Waals surface area contributed by atoms with E-state index in [-0.39, 0.29) is 0 Å². The highest BCUT2D eigenvalue weighted by atomic mass is 15.3. The molecule has 22 heavy (non-hydrogen) atoms. The molecule has 4 heterocycles. The molecule has 1 aliphatic rings. The average Bonchev–Trinajstić information content (AvgIpc) is 3.17. The van der Waals surface area contributed by atoms with Gasteiger partial charge < -0.3 is 4.90 Å². The van der Waals surface area contributed by atoms with Crippen LogP contribution in [0.2, 0.25) is 0 Å². The zero-order chi connectivity index (χ0) is 15.1. The largest absolute Gasteiger partial charge is 0.341 e. The third-order valence-corrected chi connectivity index (χ3v) is 4.02. The SMILES string of the molecule is Cc1nc2ncc(-c3ccnc(N4CCCC4)n3)c(C)n2n1. The molecule has 0 bridgehead atoms. The molecule has 1 aliphatic heterocycles. The van der Waals surface area contributed by atoms with Crippen LogP contribution in [0.4, 0.5) is 5.95 Å². The van der Waals surface area contributed by atoms with E-state index in [1.54, 1.807) is 4.52 Å². The highest BCUT2D eigenvalue weighted by Crippen LogP contribution is 2.23. The molecule has 7 nitrogen and oxygen atoms in total. The molecule has 1 fully saturated rings. The van der Waals surface area contributed by atoms with Gasteiger partial charge in [0.1, 0.15) is 5.82 Å². The number of hydrogen-bond acceptors (Lipinski definition) is 6. The molecular formula is C15H17N7. The molecule has 0 spiro atoms. The zero-order valence-electron chi connectivity index (χ0n) is 12.7. The minimum atomic E-state index is 0.618. The van der Waals surface area contributed by atoms with Crippen LogP contribution in [0.25, 0.3) is 17.0 Å². The summed E-state index contributed by atoms with van der Waals surface area (Å²) in [5, 5.41) is 4.39.